The predicted molar refractivity (Wildman–Crippen MR) is 59.4 cm³/mol. The van der Waals surface area contributed by atoms with E-state index in [4.69, 9.17) is 4.74 Å². The van der Waals surface area contributed by atoms with Gasteiger partial charge in [-0.1, -0.05) is 11.6 Å². The Morgan fingerprint density at radius 3 is 2.43 bits per heavy atom. The summed E-state index contributed by atoms with van der Waals surface area (Å²) in [7, 11) is 0. The van der Waals surface area contributed by atoms with Gasteiger partial charge in [0.15, 0.2) is 0 Å². The monoisotopic (exact) mass is 198 g/mol. The van der Waals surface area contributed by atoms with E-state index in [0.717, 1.165) is 19.4 Å². The zero-order valence-electron chi connectivity index (χ0n) is 9.80. The number of allylic oxidation sites excluding steroid dienone is 1. The van der Waals surface area contributed by atoms with E-state index < -0.39 is 0 Å². The van der Waals surface area contributed by atoms with Crippen molar-refractivity contribution in [1.29, 1.82) is 0 Å². The SMILES string of the molecule is CC(=O)CC/C=C(\C)CCOC(C)C. The molecule has 0 unspecified atom stereocenters. The molecule has 0 bridgehead atoms. The highest BCUT2D eigenvalue weighted by molar-refractivity contribution is 5.75. The minimum Gasteiger partial charge on any atom is -0.378 e. The molecule has 0 rings (SSSR count). The van der Waals surface area contributed by atoms with Gasteiger partial charge in [0, 0.05) is 6.42 Å². The van der Waals surface area contributed by atoms with Crippen molar-refractivity contribution in [2.75, 3.05) is 6.61 Å². The Hall–Kier alpha value is -0.630. The zero-order valence-corrected chi connectivity index (χ0v) is 9.80. The van der Waals surface area contributed by atoms with Gasteiger partial charge in [0.2, 0.25) is 0 Å². The summed E-state index contributed by atoms with van der Waals surface area (Å²) >= 11 is 0. The third-order valence-electron chi connectivity index (χ3n) is 1.94. The number of carbonyl (C=O) groups excluding carboxylic acids is 1. The number of hydrogen-bond donors (Lipinski definition) is 0. The lowest BCUT2D eigenvalue weighted by molar-refractivity contribution is -0.116. The second-order valence-electron chi connectivity index (χ2n) is 3.96. The first kappa shape index (κ1) is 13.4. The van der Waals surface area contributed by atoms with E-state index in [1.165, 1.54) is 5.57 Å². The standard InChI is InChI=1S/C12H22O2/c1-10(2)14-9-8-11(3)6-5-7-12(4)13/h6,10H,5,7-9H2,1-4H3/b11-6+. The molecule has 0 spiro atoms. The van der Waals surface area contributed by atoms with Crippen molar-refractivity contribution in [2.24, 2.45) is 0 Å². The molecule has 0 heterocycles. The highest BCUT2D eigenvalue weighted by Crippen LogP contribution is 2.04. The Morgan fingerprint density at radius 1 is 1.29 bits per heavy atom. The van der Waals surface area contributed by atoms with Gasteiger partial charge in [0.05, 0.1) is 12.7 Å². The Morgan fingerprint density at radius 2 is 1.93 bits per heavy atom. The average Bonchev–Trinajstić information content (AvgIpc) is 2.02. The molecule has 0 saturated carbocycles. The Balaban J connectivity index is 3.51. The Kier molecular flexibility index (Phi) is 7.40. The third-order valence-corrected chi connectivity index (χ3v) is 1.94. The molecule has 0 amide bonds. The van der Waals surface area contributed by atoms with Gasteiger partial charge in [-0.05, 0) is 40.5 Å². The summed E-state index contributed by atoms with van der Waals surface area (Å²) in [5, 5.41) is 0. The van der Waals surface area contributed by atoms with Gasteiger partial charge in [-0.2, -0.15) is 0 Å². The smallest absolute Gasteiger partial charge is 0.130 e. The summed E-state index contributed by atoms with van der Waals surface area (Å²) in [4.78, 5) is 10.7. The highest BCUT2D eigenvalue weighted by Gasteiger charge is 1.95. The van der Waals surface area contributed by atoms with Crippen LogP contribution in [-0.2, 0) is 9.53 Å². The fourth-order valence-electron chi connectivity index (χ4n) is 1.08. The lowest BCUT2D eigenvalue weighted by Crippen LogP contribution is -2.03. The third kappa shape index (κ3) is 9.46. The van der Waals surface area contributed by atoms with Crippen LogP contribution in [0.2, 0.25) is 0 Å². The maximum atomic E-state index is 10.7. The van der Waals surface area contributed by atoms with Crippen molar-refractivity contribution < 1.29 is 9.53 Å². The number of ketones is 1. The second kappa shape index (κ2) is 7.74. The highest BCUT2D eigenvalue weighted by atomic mass is 16.5. The summed E-state index contributed by atoms with van der Waals surface area (Å²) in [5.74, 6) is 0.257. The topological polar surface area (TPSA) is 26.3 Å². The van der Waals surface area contributed by atoms with E-state index in [2.05, 4.69) is 13.0 Å². The van der Waals surface area contributed by atoms with E-state index in [0.29, 0.717) is 12.5 Å². The Labute approximate surface area is 87.3 Å². The van der Waals surface area contributed by atoms with Crippen LogP contribution in [0.4, 0.5) is 0 Å². The molecule has 0 aliphatic rings. The number of rotatable bonds is 7. The molecule has 0 aliphatic carbocycles. The van der Waals surface area contributed by atoms with Gasteiger partial charge in [0.1, 0.15) is 5.78 Å². The first-order valence-corrected chi connectivity index (χ1v) is 5.29. The minimum atomic E-state index is 0.257. The molecule has 2 nitrogen and oxygen atoms in total. The molecule has 0 N–H and O–H groups in total. The molecule has 0 atom stereocenters. The lowest BCUT2D eigenvalue weighted by atomic mass is 10.1. The van der Waals surface area contributed by atoms with Gasteiger partial charge in [-0.25, -0.2) is 0 Å². The van der Waals surface area contributed by atoms with E-state index in [-0.39, 0.29) is 5.78 Å². The van der Waals surface area contributed by atoms with E-state index >= 15 is 0 Å². The summed E-state index contributed by atoms with van der Waals surface area (Å²) in [6.07, 6.45) is 4.92. The number of hydrogen-bond acceptors (Lipinski definition) is 2. The molecule has 0 radical (unpaired) electrons. The van der Waals surface area contributed by atoms with Crippen molar-refractivity contribution in [1.82, 2.24) is 0 Å². The number of ether oxygens (including phenoxy) is 1. The van der Waals surface area contributed by atoms with Gasteiger partial charge in [-0.3, -0.25) is 0 Å². The molecular formula is C12H22O2. The van der Waals surface area contributed by atoms with Crippen molar-refractivity contribution in [3.63, 3.8) is 0 Å². The molecule has 0 aromatic heterocycles. The van der Waals surface area contributed by atoms with Crippen LogP contribution in [0.5, 0.6) is 0 Å². The number of carbonyl (C=O) groups is 1. The molecular weight excluding hydrogens is 176 g/mol. The number of Topliss-reactive ketones (excluding diaryl/α,β-unsaturated/α-hetero) is 1. The molecule has 0 aromatic carbocycles. The maximum Gasteiger partial charge on any atom is 0.130 e. The van der Waals surface area contributed by atoms with Crippen LogP contribution in [0.3, 0.4) is 0 Å². The molecule has 0 fully saturated rings. The van der Waals surface area contributed by atoms with Crippen LogP contribution in [0.25, 0.3) is 0 Å². The second-order valence-corrected chi connectivity index (χ2v) is 3.96. The Bertz CT molecular complexity index is 192. The lowest BCUT2D eigenvalue weighted by Gasteiger charge is -2.07. The minimum absolute atomic E-state index is 0.257. The fraction of sp³-hybridized carbons (Fsp3) is 0.750. The summed E-state index contributed by atoms with van der Waals surface area (Å²) < 4.78 is 5.43. The van der Waals surface area contributed by atoms with Crippen LogP contribution in [0, 0.1) is 0 Å². The van der Waals surface area contributed by atoms with Crippen molar-refractivity contribution in [3.05, 3.63) is 11.6 Å². The quantitative estimate of drug-likeness (QED) is 0.587. The van der Waals surface area contributed by atoms with Crippen LogP contribution in [0.15, 0.2) is 11.6 Å². The van der Waals surface area contributed by atoms with Crippen LogP contribution in [-0.4, -0.2) is 18.5 Å². The molecule has 0 aliphatic heterocycles. The molecule has 82 valence electrons. The normalized spacial score (nSPS) is 12.2. The maximum absolute atomic E-state index is 10.7. The largest absolute Gasteiger partial charge is 0.378 e. The average molecular weight is 198 g/mol. The molecule has 14 heavy (non-hydrogen) atoms. The molecule has 2 heteroatoms. The van der Waals surface area contributed by atoms with Crippen LogP contribution >= 0.6 is 0 Å². The summed E-state index contributed by atoms with van der Waals surface area (Å²) in [6, 6.07) is 0. The van der Waals surface area contributed by atoms with Gasteiger partial charge >= 0.3 is 0 Å². The van der Waals surface area contributed by atoms with Crippen molar-refractivity contribution in [3.8, 4) is 0 Å². The van der Waals surface area contributed by atoms with Crippen LogP contribution in [0.1, 0.15) is 47.0 Å². The first-order valence-electron chi connectivity index (χ1n) is 5.29. The zero-order chi connectivity index (χ0) is 11.0. The van der Waals surface area contributed by atoms with E-state index in [1.54, 1.807) is 6.92 Å². The van der Waals surface area contributed by atoms with Crippen LogP contribution < -0.4 is 0 Å². The van der Waals surface area contributed by atoms with Gasteiger partial charge in [-0.15, -0.1) is 0 Å². The van der Waals surface area contributed by atoms with Crippen molar-refractivity contribution in [2.45, 2.75) is 53.1 Å². The predicted octanol–water partition coefficient (Wildman–Crippen LogP) is 3.12. The summed E-state index contributed by atoms with van der Waals surface area (Å²) in [5.41, 5.74) is 1.31. The van der Waals surface area contributed by atoms with E-state index in [1.807, 2.05) is 13.8 Å². The van der Waals surface area contributed by atoms with Crippen molar-refractivity contribution >= 4 is 5.78 Å². The summed E-state index contributed by atoms with van der Waals surface area (Å²) in [6.45, 7) is 8.57. The fourth-order valence-corrected chi connectivity index (χ4v) is 1.08. The molecule has 0 aromatic rings. The van der Waals surface area contributed by atoms with Gasteiger partial charge < -0.3 is 9.53 Å². The molecule has 0 saturated heterocycles. The first-order chi connectivity index (χ1) is 6.52. The van der Waals surface area contributed by atoms with Gasteiger partial charge in [0.25, 0.3) is 0 Å². The van der Waals surface area contributed by atoms with E-state index in [9.17, 15) is 4.79 Å².